The lowest BCUT2D eigenvalue weighted by molar-refractivity contribution is -0.135. The predicted octanol–water partition coefficient (Wildman–Crippen LogP) is 4.16. The molecule has 1 heterocycles. The number of benzene rings is 2. The Labute approximate surface area is 182 Å². The standard InChI is InChI=1S/C22H26ClFN2O3S/c1-15-7-8-18(13-16(15)2)30(28,29)26-11-9-17(10-12-26)22(27)25(3)14-19-20(23)5-4-6-21(19)24/h4-8,13,17H,9-12,14H2,1-3H3. The van der Waals surface area contributed by atoms with Crippen molar-refractivity contribution < 1.29 is 17.6 Å². The molecule has 30 heavy (non-hydrogen) atoms. The van der Waals surface area contributed by atoms with Crippen molar-refractivity contribution in [1.82, 2.24) is 9.21 Å². The number of aryl methyl sites for hydroxylation is 2. The molecule has 0 aromatic heterocycles. The Bertz CT molecular complexity index is 1030. The SMILES string of the molecule is Cc1ccc(S(=O)(=O)N2CCC(C(=O)N(C)Cc3c(F)cccc3Cl)CC2)cc1C. The zero-order chi connectivity index (χ0) is 22.1. The molecule has 0 atom stereocenters. The van der Waals surface area contributed by atoms with Crippen LogP contribution in [0.2, 0.25) is 5.02 Å². The smallest absolute Gasteiger partial charge is 0.243 e. The predicted molar refractivity (Wildman–Crippen MR) is 115 cm³/mol. The van der Waals surface area contributed by atoms with Gasteiger partial charge in [0.25, 0.3) is 0 Å². The van der Waals surface area contributed by atoms with E-state index in [1.807, 2.05) is 13.8 Å². The molecule has 5 nitrogen and oxygen atoms in total. The normalized spacial score (nSPS) is 15.9. The van der Waals surface area contributed by atoms with Crippen LogP contribution >= 0.6 is 11.6 Å². The van der Waals surface area contributed by atoms with Crippen LogP contribution in [-0.2, 0) is 21.4 Å². The van der Waals surface area contributed by atoms with E-state index in [1.54, 1.807) is 31.3 Å². The van der Waals surface area contributed by atoms with Gasteiger partial charge in [0.15, 0.2) is 0 Å². The zero-order valence-corrected chi connectivity index (χ0v) is 18.9. The van der Waals surface area contributed by atoms with E-state index < -0.39 is 15.8 Å². The molecule has 1 fully saturated rings. The average Bonchev–Trinajstić information content (AvgIpc) is 2.72. The fourth-order valence-electron chi connectivity index (χ4n) is 3.68. The Morgan fingerprint density at radius 2 is 1.83 bits per heavy atom. The molecule has 0 bridgehead atoms. The van der Waals surface area contributed by atoms with Gasteiger partial charge in [-0.15, -0.1) is 0 Å². The first-order valence-corrected chi connectivity index (χ1v) is 11.7. The molecule has 3 rings (SSSR count). The number of carbonyl (C=O) groups excluding carboxylic acids is 1. The summed E-state index contributed by atoms with van der Waals surface area (Å²) >= 11 is 6.06. The van der Waals surface area contributed by atoms with Gasteiger partial charge in [0.2, 0.25) is 15.9 Å². The highest BCUT2D eigenvalue weighted by molar-refractivity contribution is 7.89. The summed E-state index contributed by atoms with van der Waals surface area (Å²) in [6.07, 6.45) is 0.858. The molecule has 8 heteroatoms. The van der Waals surface area contributed by atoms with Crippen molar-refractivity contribution in [3.8, 4) is 0 Å². The largest absolute Gasteiger partial charge is 0.341 e. The fourth-order valence-corrected chi connectivity index (χ4v) is 5.45. The highest BCUT2D eigenvalue weighted by atomic mass is 35.5. The maximum Gasteiger partial charge on any atom is 0.243 e. The van der Waals surface area contributed by atoms with Crippen molar-refractivity contribution in [2.24, 2.45) is 5.92 Å². The third kappa shape index (κ3) is 4.68. The van der Waals surface area contributed by atoms with Crippen LogP contribution in [0.4, 0.5) is 4.39 Å². The second-order valence-electron chi connectivity index (χ2n) is 7.82. The summed E-state index contributed by atoms with van der Waals surface area (Å²) < 4.78 is 41.4. The second-order valence-corrected chi connectivity index (χ2v) is 10.2. The number of halogens is 2. The minimum Gasteiger partial charge on any atom is -0.341 e. The first-order valence-electron chi connectivity index (χ1n) is 9.86. The molecule has 0 spiro atoms. The molecular formula is C22H26ClFN2O3S. The molecule has 1 aliphatic rings. The van der Waals surface area contributed by atoms with E-state index >= 15 is 0 Å². The monoisotopic (exact) mass is 452 g/mol. The lowest BCUT2D eigenvalue weighted by Crippen LogP contribution is -2.43. The van der Waals surface area contributed by atoms with Gasteiger partial charge in [-0.05, 0) is 62.1 Å². The van der Waals surface area contributed by atoms with E-state index in [1.165, 1.54) is 21.3 Å². The van der Waals surface area contributed by atoms with Crippen molar-refractivity contribution in [3.05, 3.63) is 63.9 Å². The topological polar surface area (TPSA) is 57.7 Å². The molecule has 1 aliphatic heterocycles. The lowest BCUT2D eigenvalue weighted by Gasteiger charge is -2.32. The maximum absolute atomic E-state index is 14.0. The van der Waals surface area contributed by atoms with E-state index in [0.29, 0.717) is 12.8 Å². The molecular weight excluding hydrogens is 427 g/mol. The molecule has 2 aromatic rings. The first-order chi connectivity index (χ1) is 14.1. The number of hydrogen-bond acceptors (Lipinski definition) is 3. The van der Waals surface area contributed by atoms with Gasteiger partial charge < -0.3 is 4.90 Å². The molecule has 0 radical (unpaired) electrons. The number of nitrogens with zero attached hydrogens (tertiary/aromatic N) is 2. The Kier molecular flexibility index (Phi) is 6.84. The third-order valence-electron chi connectivity index (χ3n) is 5.75. The third-order valence-corrected chi connectivity index (χ3v) is 8.00. The van der Waals surface area contributed by atoms with Gasteiger partial charge in [0, 0.05) is 43.2 Å². The van der Waals surface area contributed by atoms with Gasteiger partial charge in [0.05, 0.1) is 4.90 Å². The summed E-state index contributed by atoms with van der Waals surface area (Å²) in [5, 5.41) is 0.281. The van der Waals surface area contributed by atoms with Crippen LogP contribution in [0.3, 0.4) is 0 Å². The van der Waals surface area contributed by atoms with Crippen molar-refractivity contribution in [2.75, 3.05) is 20.1 Å². The van der Waals surface area contributed by atoms with Crippen LogP contribution in [0.5, 0.6) is 0 Å². The molecule has 1 saturated heterocycles. The highest BCUT2D eigenvalue weighted by Gasteiger charge is 2.33. The number of amides is 1. The van der Waals surface area contributed by atoms with Gasteiger partial charge in [-0.25, -0.2) is 12.8 Å². The minimum atomic E-state index is -3.59. The molecule has 2 aromatic carbocycles. The summed E-state index contributed by atoms with van der Waals surface area (Å²) in [5.41, 5.74) is 2.25. The summed E-state index contributed by atoms with van der Waals surface area (Å²) in [6, 6.07) is 9.55. The van der Waals surface area contributed by atoms with Gasteiger partial charge in [0.1, 0.15) is 5.82 Å². The number of hydrogen-bond donors (Lipinski definition) is 0. The maximum atomic E-state index is 14.0. The fraction of sp³-hybridized carbons (Fsp3) is 0.409. The second kappa shape index (κ2) is 9.04. The zero-order valence-electron chi connectivity index (χ0n) is 17.4. The van der Waals surface area contributed by atoms with E-state index in [2.05, 4.69) is 0 Å². The molecule has 1 amide bonds. The van der Waals surface area contributed by atoms with Crippen LogP contribution in [0, 0.1) is 25.6 Å². The van der Waals surface area contributed by atoms with Crippen molar-refractivity contribution in [1.29, 1.82) is 0 Å². The Morgan fingerprint density at radius 1 is 1.17 bits per heavy atom. The molecule has 0 unspecified atom stereocenters. The summed E-state index contributed by atoms with van der Waals surface area (Å²) in [4.78, 5) is 14.6. The minimum absolute atomic E-state index is 0.0749. The number of rotatable bonds is 5. The van der Waals surface area contributed by atoms with E-state index in [0.717, 1.165) is 11.1 Å². The van der Waals surface area contributed by atoms with E-state index in [4.69, 9.17) is 11.6 Å². The van der Waals surface area contributed by atoms with Gasteiger partial charge in [-0.3, -0.25) is 4.79 Å². The molecule has 0 N–H and O–H groups in total. The van der Waals surface area contributed by atoms with Crippen molar-refractivity contribution in [3.63, 3.8) is 0 Å². The van der Waals surface area contributed by atoms with Crippen molar-refractivity contribution in [2.45, 2.75) is 38.1 Å². The highest BCUT2D eigenvalue weighted by Crippen LogP contribution is 2.27. The Morgan fingerprint density at radius 3 is 2.43 bits per heavy atom. The molecule has 162 valence electrons. The summed E-state index contributed by atoms with van der Waals surface area (Å²) in [5.74, 6) is -0.874. The molecule has 0 aliphatic carbocycles. The van der Waals surface area contributed by atoms with Gasteiger partial charge in [-0.1, -0.05) is 23.7 Å². The van der Waals surface area contributed by atoms with Crippen LogP contribution in [0.25, 0.3) is 0 Å². The Hall–Kier alpha value is -1.96. The van der Waals surface area contributed by atoms with Crippen LogP contribution < -0.4 is 0 Å². The lowest BCUT2D eigenvalue weighted by atomic mass is 9.96. The van der Waals surface area contributed by atoms with Gasteiger partial charge in [-0.2, -0.15) is 4.31 Å². The summed E-state index contributed by atoms with van der Waals surface area (Å²) in [6.45, 7) is 4.45. The molecule has 0 saturated carbocycles. The first kappa shape index (κ1) is 22.7. The number of sulfonamides is 1. The van der Waals surface area contributed by atoms with Crippen LogP contribution in [-0.4, -0.2) is 43.7 Å². The van der Waals surface area contributed by atoms with E-state index in [9.17, 15) is 17.6 Å². The number of carbonyl (C=O) groups is 1. The van der Waals surface area contributed by atoms with E-state index in [-0.39, 0.29) is 46.9 Å². The average molecular weight is 453 g/mol. The van der Waals surface area contributed by atoms with Gasteiger partial charge >= 0.3 is 0 Å². The Balaban J connectivity index is 1.64. The summed E-state index contributed by atoms with van der Waals surface area (Å²) in [7, 11) is -1.97. The quantitative estimate of drug-likeness (QED) is 0.684. The van der Waals surface area contributed by atoms with Crippen molar-refractivity contribution >= 4 is 27.5 Å². The van der Waals surface area contributed by atoms with Crippen LogP contribution in [0.15, 0.2) is 41.3 Å². The number of piperidine rings is 1. The van der Waals surface area contributed by atoms with Crippen LogP contribution in [0.1, 0.15) is 29.5 Å².